The van der Waals surface area contributed by atoms with Gasteiger partial charge in [-0.2, -0.15) is 0 Å². The van der Waals surface area contributed by atoms with Crippen LogP contribution in [0.2, 0.25) is 0 Å². The molecule has 0 aliphatic rings. The second kappa shape index (κ2) is 6.51. The first-order chi connectivity index (χ1) is 10.8. The highest BCUT2D eigenvalue weighted by Crippen LogP contribution is 2.32. The van der Waals surface area contributed by atoms with Crippen molar-refractivity contribution < 1.29 is 23.8 Å². The van der Waals surface area contributed by atoms with Crippen LogP contribution in [0.5, 0.6) is 5.75 Å². The van der Waals surface area contributed by atoms with Crippen LogP contribution >= 0.6 is 0 Å². The average molecular weight is 319 g/mol. The molecule has 2 aromatic rings. The number of ether oxygens (including phenoxy) is 3. The third-order valence-corrected chi connectivity index (χ3v) is 3.14. The lowest BCUT2D eigenvalue weighted by molar-refractivity contribution is -0.186. The zero-order chi connectivity index (χ0) is 17.1. The van der Waals surface area contributed by atoms with Gasteiger partial charge in [0.05, 0.1) is 12.6 Å². The van der Waals surface area contributed by atoms with Crippen molar-refractivity contribution in [1.29, 1.82) is 0 Å². The Balaban J connectivity index is 2.74. The fourth-order valence-electron chi connectivity index (χ4n) is 2.27. The Bertz CT molecular complexity index is 807. The summed E-state index contributed by atoms with van der Waals surface area (Å²) in [5, 5.41) is 0.617. The molecule has 1 aromatic heterocycles. The summed E-state index contributed by atoms with van der Waals surface area (Å²) < 4.78 is 15.3. The van der Waals surface area contributed by atoms with Crippen LogP contribution < -0.4 is 10.3 Å². The maximum Gasteiger partial charge on any atom is 0.305 e. The van der Waals surface area contributed by atoms with Crippen LogP contribution in [0.3, 0.4) is 0 Å². The lowest BCUT2D eigenvalue weighted by Crippen LogP contribution is -2.24. The number of hydrogen-bond donors (Lipinski definition) is 1. The lowest BCUT2D eigenvalue weighted by atomic mass is 10.1. The number of aromatic amines is 1. The van der Waals surface area contributed by atoms with Gasteiger partial charge in [0, 0.05) is 19.2 Å². The van der Waals surface area contributed by atoms with Crippen LogP contribution in [0.25, 0.3) is 10.9 Å². The van der Waals surface area contributed by atoms with Gasteiger partial charge in [0.1, 0.15) is 11.3 Å². The number of fused-ring (bicyclic) bond motifs is 1. The number of esters is 2. The van der Waals surface area contributed by atoms with Gasteiger partial charge in [0.2, 0.25) is 0 Å². The summed E-state index contributed by atoms with van der Waals surface area (Å²) in [5.74, 6) is -1.19. The topological polar surface area (TPSA) is 94.7 Å². The van der Waals surface area contributed by atoms with Gasteiger partial charge in [-0.1, -0.05) is 11.6 Å². The number of benzene rings is 1. The zero-order valence-electron chi connectivity index (χ0n) is 13.3. The number of nitrogens with one attached hydrogen (secondary N) is 1. The van der Waals surface area contributed by atoms with E-state index in [1.807, 2.05) is 19.1 Å². The molecule has 0 aliphatic heterocycles. The van der Waals surface area contributed by atoms with Crippen molar-refractivity contribution in [3.05, 3.63) is 39.7 Å². The van der Waals surface area contributed by atoms with E-state index in [9.17, 15) is 14.4 Å². The van der Waals surface area contributed by atoms with E-state index in [1.165, 1.54) is 7.11 Å². The van der Waals surface area contributed by atoms with Crippen molar-refractivity contribution in [2.75, 3.05) is 7.11 Å². The molecule has 7 heteroatoms. The van der Waals surface area contributed by atoms with Gasteiger partial charge in [-0.05, 0) is 19.1 Å². The molecule has 0 atom stereocenters. The minimum Gasteiger partial charge on any atom is -0.495 e. The standard InChI is InChI=1S/C16H17NO6/c1-8-5-6-12-11(7-8)14(21-4)13(15(20)17-12)16(22-9(2)18)23-10(3)19/h5-7,16H,1-4H3,(H,17,20). The van der Waals surface area contributed by atoms with Crippen molar-refractivity contribution in [3.8, 4) is 5.75 Å². The van der Waals surface area contributed by atoms with Crippen molar-refractivity contribution in [2.45, 2.75) is 27.1 Å². The first kappa shape index (κ1) is 16.5. The number of methoxy groups -OCH3 is 1. The number of H-pyrrole nitrogens is 1. The summed E-state index contributed by atoms with van der Waals surface area (Å²) in [6.07, 6.45) is -1.48. The van der Waals surface area contributed by atoms with Gasteiger partial charge in [0.15, 0.2) is 0 Å². The molecule has 1 N–H and O–H groups in total. The van der Waals surface area contributed by atoms with Gasteiger partial charge in [-0.25, -0.2) is 0 Å². The molecule has 122 valence electrons. The highest BCUT2D eigenvalue weighted by atomic mass is 16.7. The molecular weight excluding hydrogens is 302 g/mol. The van der Waals surface area contributed by atoms with E-state index in [-0.39, 0.29) is 11.3 Å². The molecule has 1 aromatic carbocycles. The van der Waals surface area contributed by atoms with Crippen LogP contribution in [0.15, 0.2) is 23.0 Å². The Morgan fingerprint density at radius 1 is 1.13 bits per heavy atom. The molecule has 2 rings (SSSR count). The summed E-state index contributed by atoms with van der Waals surface area (Å²) >= 11 is 0. The smallest absolute Gasteiger partial charge is 0.305 e. The predicted molar refractivity (Wildman–Crippen MR) is 82.1 cm³/mol. The van der Waals surface area contributed by atoms with Crippen molar-refractivity contribution in [3.63, 3.8) is 0 Å². The first-order valence-electron chi connectivity index (χ1n) is 6.88. The third kappa shape index (κ3) is 3.50. The van der Waals surface area contributed by atoms with Crippen molar-refractivity contribution in [2.24, 2.45) is 0 Å². The molecule has 0 unspecified atom stereocenters. The average Bonchev–Trinajstić information content (AvgIpc) is 2.44. The largest absolute Gasteiger partial charge is 0.495 e. The first-order valence-corrected chi connectivity index (χ1v) is 6.88. The Kier molecular flexibility index (Phi) is 4.68. The summed E-state index contributed by atoms with van der Waals surface area (Å²) in [5.41, 5.74) is 0.873. The number of pyridine rings is 1. The van der Waals surface area contributed by atoms with Crippen LogP contribution in [-0.2, 0) is 19.1 Å². The molecule has 0 spiro atoms. The van der Waals surface area contributed by atoms with Crippen LogP contribution in [-0.4, -0.2) is 24.0 Å². The minimum atomic E-state index is -1.48. The fraction of sp³-hybridized carbons (Fsp3) is 0.312. The van der Waals surface area contributed by atoms with E-state index in [2.05, 4.69) is 4.98 Å². The number of aromatic nitrogens is 1. The van der Waals surface area contributed by atoms with E-state index >= 15 is 0 Å². The van der Waals surface area contributed by atoms with E-state index in [0.717, 1.165) is 19.4 Å². The van der Waals surface area contributed by atoms with Gasteiger partial charge in [0.25, 0.3) is 11.8 Å². The molecule has 23 heavy (non-hydrogen) atoms. The summed E-state index contributed by atoms with van der Waals surface area (Å²) in [6.45, 7) is 4.20. The molecule has 0 saturated heterocycles. The van der Waals surface area contributed by atoms with E-state index in [4.69, 9.17) is 14.2 Å². The number of hydrogen-bond acceptors (Lipinski definition) is 6. The zero-order valence-corrected chi connectivity index (χ0v) is 13.3. The molecule has 0 aliphatic carbocycles. The van der Waals surface area contributed by atoms with Crippen LogP contribution in [0.4, 0.5) is 0 Å². The molecule has 0 fully saturated rings. The maximum atomic E-state index is 12.4. The monoisotopic (exact) mass is 319 g/mol. The van der Waals surface area contributed by atoms with E-state index in [0.29, 0.717) is 10.9 Å². The summed E-state index contributed by atoms with van der Waals surface area (Å²) in [4.78, 5) is 37.6. The Morgan fingerprint density at radius 2 is 1.74 bits per heavy atom. The molecule has 0 bridgehead atoms. The predicted octanol–water partition coefficient (Wildman–Crippen LogP) is 1.97. The summed E-state index contributed by atoms with van der Waals surface area (Å²) in [7, 11) is 1.39. The molecule has 7 nitrogen and oxygen atoms in total. The number of aryl methyl sites for hydroxylation is 1. The van der Waals surface area contributed by atoms with Crippen LogP contribution in [0, 0.1) is 6.92 Å². The number of carbonyl (C=O) groups is 2. The van der Waals surface area contributed by atoms with Gasteiger partial charge in [-0.3, -0.25) is 14.4 Å². The lowest BCUT2D eigenvalue weighted by Gasteiger charge is -2.19. The van der Waals surface area contributed by atoms with Crippen molar-refractivity contribution >= 4 is 22.8 Å². The molecule has 0 saturated carbocycles. The molecule has 0 radical (unpaired) electrons. The molecular formula is C16H17NO6. The molecule has 1 heterocycles. The number of rotatable bonds is 4. The Morgan fingerprint density at radius 3 is 2.26 bits per heavy atom. The SMILES string of the molecule is COc1c(C(OC(C)=O)OC(C)=O)c(=O)[nH]c2ccc(C)cc12. The highest BCUT2D eigenvalue weighted by molar-refractivity contribution is 5.87. The number of carbonyl (C=O) groups excluding carboxylic acids is 2. The van der Waals surface area contributed by atoms with Crippen molar-refractivity contribution in [1.82, 2.24) is 4.98 Å². The summed E-state index contributed by atoms with van der Waals surface area (Å²) in [6, 6.07) is 5.39. The van der Waals surface area contributed by atoms with Gasteiger partial charge in [-0.15, -0.1) is 0 Å². The second-order valence-electron chi connectivity index (χ2n) is 5.00. The van der Waals surface area contributed by atoms with E-state index < -0.39 is 23.8 Å². The highest BCUT2D eigenvalue weighted by Gasteiger charge is 2.27. The second-order valence-corrected chi connectivity index (χ2v) is 5.00. The Hall–Kier alpha value is -2.83. The molecule has 0 amide bonds. The van der Waals surface area contributed by atoms with Crippen LogP contribution in [0.1, 0.15) is 31.3 Å². The Labute approximate surface area is 132 Å². The fourth-order valence-corrected chi connectivity index (χ4v) is 2.27. The van der Waals surface area contributed by atoms with Gasteiger partial charge < -0.3 is 19.2 Å². The van der Waals surface area contributed by atoms with E-state index in [1.54, 1.807) is 6.07 Å². The quantitative estimate of drug-likeness (QED) is 0.684. The maximum absolute atomic E-state index is 12.4. The third-order valence-electron chi connectivity index (χ3n) is 3.14. The normalized spacial score (nSPS) is 10.7. The van der Waals surface area contributed by atoms with Gasteiger partial charge >= 0.3 is 11.9 Å². The minimum absolute atomic E-state index is 0.0731.